The lowest BCUT2D eigenvalue weighted by Crippen LogP contribution is -1.99. The van der Waals surface area contributed by atoms with E-state index in [1.165, 1.54) is 11.8 Å². The van der Waals surface area contributed by atoms with Crippen molar-refractivity contribution in [3.63, 3.8) is 0 Å². The molecule has 0 saturated heterocycles. The molecule has 4 heteroatoms. The lowest BCUT2D eigenvalue weighted by atomic mass is 10.3. The van der Waals surface area contributed by atoms with Crippen molar-refractivity contribution in [1.29, 1.82) is 5.26 Å². The van der Waals surface area contributed by atoms with Gasteiger partial charge >= 0.3 is 0 Å². The van der Waals surface area contributed by atoms with Crippen LogP contribution in [0.3, 0.4) is 0 Å². The van der Waals surface area contributed by atoms with E-state index in [0.29, 0.717) is 0 Å². The molecule has 0 bridgehead atoms. The summed E-state index contributed by atoms with van der Waals surface area (Å²) < 4.78 is 2.10. The van der Waals surface area contributed by atoms with Gasteiger partial charge in [-0.3, -0.25) is 4.57 Å². The fourth-order valence-corrected chi connectivity index (χ4v) is 2.92. The Morgan fingerprint density at radius 2 is 1.80 bits per heavy atom. The first kappa shape index (κ1) is 12.8. The van der Waals surface area contributed by atoms with E-state index in [-0.39, 0.29) is 5.25 Å². The Bertz CT molecular complexity index is 771. The molecule has 3 aromatic rings. The van der Waals surface area contributed by atoms with Crippen molar-refractivity contribution >= 4 is 22.8 Å². The van der Waals surface area contributed by atoms with E-state index in [4.69, 9.17) is 5.26 Å². The van der Waals surface area contributed by atoms with E-state index in [1.54, 1.807) is 0 Å². The minimum Gasteiger partial charge on any atom is -0.287 e. The average Bonchev–Trinajstić information content (AvgIpc) is 2.85. The van der Waals surface area contributed by atoms with Gasteiger partial charge in [0.15, 0.2) is 5.16 Å². The van der Waals surface area contributed by atoms with Crippen molar-refractivity contribution in [2.75, 3.05) is 0 Å². The van der Waals surface area contributed by atoms with Gasteiger partial charge in [-0.05, 0) is 31.2 Å². The molecular weight excluding hydrogens is 266 g/mol. The second kappa shape index (κ2) is 5.40. The van der Waals surface area contributed by atoms with E-state index in [0.717, 1.165) is 21.9 Å². The molecule has 0 saturated carbocycles. The summed E-state index contributed by atoms with van der Waals surface area (Å²) >= 11 is 1.48. The van der Waals surface area contributed by atoms with Crippen LogP contribution in [0.25, 0.3) is 16.7 Å². The average molecular weight is 279 g/mol. The number of hydrogen-bond donors (Lipinski definition) is 0. The summed E-state index contributed by atoms with van der Waals surface area (Å²) in [5.41, 5.74) is 3.07. The van der Waals surface area contributed by atoms with Crippen LogP contribution in [0.15, 0.2) is 59.8 Å². The highest BCUT2D eigenvalue weighted by Gasteiger charge is 2.14. The van der Waals surface area contributed by atoms with E-state index in [2.05, 4.69) is 33.8 Å². The van der Waals surface area contributed by atoms with Gasteiger partial charge in [0.05, 0.1) is 22.4 Å². The summed E-state index contributed by atoms with van der Waals surface area (Å²) in [6.07, 6.45) is 0. The molecule has 1 atom stereocenters. The fraction of sp³-hybridized carbons (Fsp3) is 0.125. The molecule has 20 heavy (non-hydrogen) atoms. The van der Waals surface area contributed by atoms with Crippen LogP contribution in [0.2, 0.25) is 0 Å². The van der Waals surface area contributed by atoms with Gasteiger partial charge in [0, 0.05) is 5.69 Å². The zero-order valence-electron chi connectivity index (χ0n) is 11.0. The molecule has 0 aliphatic carbocycles. The second-order valence-electron chi connectivity index (χ2n) is 4.44. The number of thioether (sulfide) groups is 1. The Balaban J connectivity index is 2.21. The Hall–Kier alpha value is -2.25. The Morgan fingerprint density at radius 3 is 2.55 bits per heavy atom. The van der Waals surface area contributed by atoms with Gasteiger partial charge in [-0.1, -0.05) is 42.1 Å². The summed E-state index contributed by atoms with van der Waals surface area (Å²) in [4.78, 5) is 4.65. The van der Waals surface area contributed by atoms with E-state index in [9.17, 15) is 0 Å². The third-order valence-corrected chi connectivity index (χ3v) is 3.95. The van der Waals surface area contributed by atoms with Crippen LogP contribution in [0.5, 0.6) is 0 Å². The number of imidazole rings is 1. The highest BCUT2D eigenvalue weighted by Crippen LogP contribution is 2.29. The quantitative estimate of drug-likeness (QED) is 0.680. The van der Waals surface area contributed by atoms with Crippen molar-refractivity contribution in [1.82, 2.24) is 9.55 Å². The summed E-state index contributed by atoms with van der Waals surface area (Å²) in [7, 11) is 0. The van der Waals surface area contributed by atoms with Gasteiger partial charge in [0.2, 0.25) is 0 Å². The van der Waals surface area contributed by atoms with Crippen LogP contribution < -0.4 is 0 Å². The lowest BCUT2D eigenvalue weighted by Gasteiger charge is -2.09. The van der Waals surface area contributed by atoms with Crippen molar-refractivity contribution in [2.45, 2.75) is 17.3 Å². The highest BCUT2D eigenvalue weighted by atomic mass is 32.2. The topological polar surface area (TPSA) is 41.6 Å². The number of benzene rings is 2. The third kappa shape index (κ3) is 2.28. The molecule has 0 aliphatic heterocycles. The Morgan fingerprint density at radius 1 is 1.10 bits per heavy atom. The molecule has 2 aromatic carbocycles. The molecule has 0 aliphatic rings. The molecule has 0 fully saturated rings. The number of nitriles is 1. The first-order valence-corrected chi connectivity index (χ1v) is 7.27. The number of rotatable bonds is 3. The van der Waals surface area contributed by atoms with Crippen molar-refractivity contribution < 1.29 is 0 Å². The Labute approximate surface area is 121 Å². The molecule has 3 rings (SSSR count). The van der Waals surface area contributed by atoms with E-state index >= 15 is 0 Å². The lowest BCUT2D eigenvalue weighted by molar-refractivity contribution is 0.916. The van der Waals surface area contributed by atoms with Crippen LogP contribution >= 0.6 is 11.8 Å². The number of aromatic nitrogens is 2. The molecule has 0 radical (unpaired) electrons. The maximum Gasteiger partial charge on any atom is 0.174 e. The van der Waals surface area contributed by atoms with Gasteiger partial charge in [-0.25, -0.2) is 4.98 Å². The number of para-hydroxylation sites is 3. The monoisotopic (exact) mass is 279 g/mol. The third-order valence-electron chi connectivity index (χ3n) is 3.01. The Kier molecular flexibility index (Phi) is 3.44. The predicted octanol–water partition coefficient (Wildman–Crippen LogP) is 4.03. The molecule has 0 spiro atoms. The predicted molar refractivity (Wildman–Crippen MR) is 82.0 cm³/mol. The molecular formula is C16H13N3S. The highest BCUT2D eigenvalue weighted by molar-refractivity contribution is 8.00. The minimum atomic E-state index is -0.130. The van der Waals surface area contributed by atoms with Crippen molar-refractivity contribution in [2.24, 2.45) is 0 Å². The van der Waals surface area contributed by atoms with Crippen LogP contribution in [0, 0.1) is 11.3 Å². The first-order chi connectivity index (χ1) is 9.79. The largest absolute Gasteiger partial charge is 0.287 e. The summed E-state index contributed by atoms with van der Waals surface area (Å²) in [6.45, 7) is 1.89. The van der Waals surface area contributed by atoms with Crippen molar-refractivity contribution in [3.8, 4) is 11.8 Å². The van der Waals surface area contributed by atoms with Gasteiger partial charge in [-0.2, -0.15) is 5.26 Å². The summed E-state index contributed by atoms with van der Waals surface area (Å²) in [5.74, 6) is 0. The minimum absolute atomic E-state index is 0.130. The molecule has 0 N–H and O–H groups in total. The summed E-state index contributed by atoms with van der Waals surface area (Å²) in [6, 6.07) is 20.4. The maximum absolute atomic E-state index is 9.02. The number of fused-ring (bicyclic) bond motifs is 1. The molecule has 1 aromatic heterocycles. The normalized spacial score (nSPS) is 12.2. The molecule has 3 nitrogen and oxygen atoms in total. The number of nitrogens with zero attached hydrogens (tertiary/aromatic N) is 3. The smallest absolute Gasteiger partial charge is 0.174 e. The number of hydrogen-bond acceptors (Lipinski definition) is 3. The maximum atomic E-state index is 9.02. The van der Waals surface area contributed by atoms with Gasteiger partial charge in [0.1, 0.15) is 0 Å². The van der Waals surface area contributed by atoms with Crippen LogP contribution in [0.4, 0.5) is 0 Å². The molecule has 1 heterocycles. The van der Waals surface area contributed by atoms with Crippen molar-refractivity contribution in [3.05, 3.63) is 54.6 Å². The summed E-state index contributed by atoms with van der Waals surface area (Å²) in [5, 5.41) is 9.75. The van der Waals surface area contributed by atoms with Crippen LogP contribution in [-0.4, -0.2) is 14.8 Å². The molecule has 0 unspecified atom stereocenters. The molecule has 0 amide bonds. The van der Waals surface area contributed by atoms with Gasteiger partial charge in [-0.15, -0.1) is 0 Å². The van der Waals surface area contributed by atoms with Gasteiger partial charge < -0.3 is 0 Å². The van der Waals surface area contributed by atoms with Crippen LogP contribution in [0.1, 0.15) is 6.92 Å². The fourth-order valence-electron chi connectivity index (χ4n) is 2.09. The molecule has 98 valence electrons. The zero-order chi connectivity index (χ0) is 13.9. The SMILES string of the molecule is C[C@H](C#N)Sc1nc2ccccc2n1-c1ccccc1. The second-order valence-corrected chi connectivity index (χ2v) is 5.75. The van der Waals surface area contributed by atoms with E-state index in [1.807, 2.05) is 43.3 Å². The van der Waals surface area contributed by atoms with Gasteiger partial charge in [0.25, 0.3) is 0 Å². The standard InChI is InChI=1S/C16H13N3S/c1-12(11-17)20-16-18-14-9-5-6-10-15(14)19(16)13-7-3-2-4-8-13/h2-10,12H,1H3/t12-/m1/s1. The van der Waals surface area contributed by atoms with E-state index < -0.39 is 0 Å². The van der Waals surface area contributed by atoms with Crippen LogP contribution in [-0.2, 0) is 0 Å². The first-order valence-electron chi connectivity index (χ1n) is 6.39. The zero-order valence-corrected chi connectivity index (χ0v) is 11.8.